The topological polar surface area (TPSA) is 22.1 Å². The van der Waals surface area contributed by atoms with E-state index in [2.05, 4.69) is 23.2 Å². The summed E-state index contributed by atoms with van der Waals surface area (Å²) in [5.74, 6) is 0.954. The Labute approximate surface area is 97.5 Å². The zero-order chi connectivity index (χ0) is 11.0. The van der Waals surface area contributed by atoms with Gasteiger partial charge in [-0.3, -0.25) is 0 Å². The highest BCUT2D eigenvalue weighted by Gasteiger charge is 2.08. The lowest BCUT2D eigenvalue weighted by Gasteiger charge is -2.07. The summed E-state index contributed by atoms with van der Waals surface area (Å²) in [4.78, 5) is 4.41. The predicted octanol–water partition coefficient (Wildman–Crippen LogP) is 3.85. The lowest BCUT2D eigenvalue weighted by atomic mass is 10.1. The van der Waals surface area contributed by atoms with Crippen molar-refractivity contribution in [2.75, 3.05) is 6.61 Å². The number of thiazole rings is 1. The molecule has 0 amide bonds. The monoisotopic (exact) mass is 229 g/mol. The molecule has 80 valence electrons. The van der Waals surface area contributed by atoms with E-state index in [1.165, 1.54) is 10.1 Å². The molecular weight excluding hydrogens is 218 g/mol. The molecule has 0 bridgehead atoms. The van der Waals surface area contributed by atoms with Crippen molar-refractivity contribution in [1.29, 1.82) is 0 Å². The Morgan fingerprint density at radius 2 is 2.06 bits per heavy atom. The zero-order valence-electron chi connectivity index (χ0n) is 8.93. The molecule has 0 unspecified atom stereocenters. The number of hydrogen-bond acceptors (Lipinski definition) is 3. The van der Waals surface area contributed by atoms with Crippen molar-refractivity contribution in [2.45, 2.75) is 6.92 Å². The maximum atomic E-state index is 5.68. The molecule has 0 radical (unpaired) electrons. The molecule has 2 nitrogen and oxygen atoms in total. The number of aromatic nitrogens is 1. The Hall–Kier alpha value is -1.61. The predicted molar refractivity (Wildman–Crippen MR) is 68.3 cm³/mol. The first-order valence-electron chi connectivity index (χ1n) is 5.28. The summed E-state index contributed by atoms with van der Waals surface area (Å²) in [6, 6.07) is 10.3. The fourth-order valence-corrected chi connectivity index (χ4v) is 2.66. The third kappa shape index (κ3) is 1.36. The molecule has 1 aromatic heterocycles. The minimum atomic E-state index is 0.689. The number of ether oxygens (including phenoxy) is 1. The summed E-state index contributed by atoms with van der Waals surface area (Å²) in [6.45, 7) is 2.69. The fraction of sp³-hybridized carbons (Fsp3) is 0.154. The highest BCUT2D eigenvalue weighted by molar-refractivity contribution is 7.16. The van der Waals surface area contributed by atoms with Gasteiger partial charge in [-0.25, -0.2) is 4.98 Å². The van der Waals surface area contributed by atoms with Gasteiger partial charge in [0.15, 0.2) is 0 Å². The number of nitrogens with zero attached hydrogens (tertiary/aromatic N) is 1. The molecule has 16 heavy (non-hydrogen) atoms. The van der Waals surface area contributed by atoms with Gasteiger partial charge in [0.05, 0.1) is 22.3 Å². The maximum absolute atomic E-state index is 5.68. The molecule has 0 aliphatic carbocycles. The van der Waals surface area contributed by atoms with Crippen molar-refractivity contribution in [3.05, 3.63) is 35.8 Å². The molecule has 0 fully saturated rings. The van der Waals surface area contributed by atoms with E-state index in [0.717, 1.165) is 16.7 Å². The van der Waals surface area contributed by atoms with Crippen LogP contribution in [0.1, 0.15) is 6.92 Å². The van der Waals surface area contributed by atoms with Crippen molar-refractivity contribution < 1.29 is 4.74 Å². The second kappa shape index (κ2) is 3.76. The molecule has 2 aromatic carbocycles. The van der Waals surface area contributed by atoms with Gasteiger partial charge in [-0.1, -0.05) is 24.3 Å². The van der Waals surface area contributed by atoms with Crippen LogP contribution >= 0.6 is 11.3 Å². The van der Waals surface area contributed by atoms with Crippen LogP contribution in [0.15, 0.2) is 35.8 Å². The van der Waals surface area contributed by atoms with Gasteiger partial charge in [-0.05, 0) is 6.92 Å². The van der Waals surface area contributed by atoms with Crippen molar-refractivity contribution in [1.82, 2.24) is 4.98 Å². The van der Waals surface area contributed by atoms with Crippen LogP contribution in [0, 0.1) is 0 Å². The van der Waals surface area contributed by atoms with Crippen LogP contribution in [0.2, 0.25) is 0 Å². The molecule has 1 heterocycles. The maximum Gasteiger partial charge on any atom is 0.128 e. The number of benzene rings is 2. The Morgan fingerprint density at radius 1 is 1.25 bits per heavy atom. The molecule has 0 saturated heterocycles. The average molecular weight is 229 g/mol. The Balaban J connectivity index is 2.45. The van der Waals surface area contributed by atoms with Gasteiger partial charge in [0.1, 0.15) is 5.75 Å². The van der Waals surface area contributed by atoms with E-state index in [1.807, 2.05) is 24.6 Å². The SMILES string of the molecule is CCOc1cc2scnc2c2ccccc12. The highest BCUT2D eigenvalue weighted by Crippen LogP contribution is 2.34. The minimum Gasteiger partial charge on any atom is -0.493 e. The van der Waals surface area contributed by atoms with Gasteiger partial charge in [0, 0.05) is 16.8 Å². The molecule has 0 spiro atoms. The second-order valence-corrected chi connectivity index (χ2v) is 4.44. The molecule has 0 aliphatic heterocycles. The molecule has 0 aliphatic rings. The van der Waals surface area contributed by atoms with E-state index in [0.29, 0.717) is 6.61 Å². The van der Waals surface area contributed by atoms with Gasteiger partial charge in [-0.2, -0.15) is 0 Å². The van der Waals surface area contributed by atoms with Gasteiger partial charge in [-0.15, -0.1) is 11.3 Å². The van der Waals surface area contributed by atoms with Crippen LogP contribution in [-0.2, 0) is 0 Å². The average Bonchev–Trinajstić information content (AvgIpc) is 2.78. The van der Waals surface area contributed by atoms with Crippen LogP contribution in [0.4, 0.5) is 0 Å². The number of fused-ring (bicyclic) bond motifs is 3. The third-order valence-electron chi connectivity index (χ3n) is 2.60. The molecule has 0 saturated carbocycles. The quantitative estimate of drug-likeness (QED) is 0.666. The zero-order valence-corrected chi connectivity index (χ0v) is 9.75. The normalized spacial score (nSPS) is 11.1. The summed E-state index contributed by atoms with van der Waals surface area (Å²) in [5.41, 5.74) is 2.95. The summed E-state index contributed by atoms with van der Waals surface area (Å²) in [6.07, 6.45) is 0. The van der Waals surface area contributed by atoms with Crippen LogP contribution in [0.3, 0.4) is 0 Å². The van der Waals surface area contributed by atoms with E-state index in [1.54, 1.807) is 11.3 Å². The Kier molecular flexibility index (Phi) is 2.26. The molecule has 0 atom stereocenters. The first-order chi connectivity index (χ1) is 7.90. The summed E-state index contributed by atoms with van der Waals surface area (Å²) >= 11 is 1.65. The molecular formula is C13H11NOS. The van der Waals surface area contributed by atoms with Crippen LogP contribution in [0.25, 0.3) is 21.0 Å². The summed E-state index contributed by atoms with van der Waals surface area (Å²) in [7, 11) is 0. The van der Waals surface area contributed by atoms with Crippen molar-refractivity contribution in [2.24, 2.45) is 0 Å². The smallest absolute Gasteiger partial charge is 0.128 e. The van der Waals surface area contributed by atoms with E-state index >= 15 is 0 Å². The summed E-state index contributed by atoms with van der Waals surface area (Å²) in [5, 5.41) is 2.31. The second-order valence-electron chi connectivity index (χ2n) is 3.55. The Morgan fingerprint density at radius 3 is 2.88 bits per heavy atom. The van der Waals surface area contributed by atoms with Gasteiger partial charge in [0.25, 0.3) is 0 Å². The van der Waals surface area contributed by atoms with Crippen molar-refractivity contribution >= 4 is 32.3 Å². The first kappa shape index (κ1) is 9.60. The lowest BCUT2D eigenvalue weighted by Crippen LogP contribution is -1.92. The molecule has 3 rings (SSSR count). The molecule has 3 aromatic rings. The number of rotatable bonds is 2. The number of hydrogen-bond donors (Lipinski definition) is 0. The standard InChI is InChI=1S/C13H11NOS/c1-2-15-11-7-12-13(14-8-16-12)10-6-4-3-5-9(10)11/h3-8H,2H2,1H3. The van der Waals surface area contributed by atoms with E-state index < -0.39 is 0 Å². The molecule has 0 N–H and O–H groups in total. The van der Waals surface area contributed by atoms with Gasteiger partial charge in [0.2, 0.25) is 0 Å². The Bertz CT molecular complexity index is 645. The van der Waals surface area contributed by atoms with E-state index in [9.17, 15) is 0 Å². The van der Waals surface area contributed by atoms with Gasteiger partial charge >= 0.3 is 0 Å². The molecule has 3 heteroatoms. The highest BCUT2D eigenvalue weighted by atomic mass is 32.1. The van der Waals surface area contributed by atoms with E-state index in [-0.39, 0.29) is 0 Å². The van der Waals surface area contributed by atoms with Crippen LogP contribution in [-0.4, -0.2) is 11.6 Å². The third-order valence-corrected chi connectivity index (χ3v) is 3.38. The largest absolute Gasteiger partial charge is 0.493 e. The fourth-order valence-electron chi connectivity index (χ4n) is 1.94. The van der Waals surface area contributed by atoms with Crippen molar-refractivity contribution in [3.8, 4) is 5.75 Å². The van der Waals surface area contributed by atoms with Crippen LogP contribution < -0.4 is 4.74 Å². The van der Waals surface area contributed by atoms with Crippen molar-refractivity contribution in [3.63, 3.8) is 0 Å². The first-order valence-corrected chi connectivity index (χ1v) is 6.16. The summed E-state index contributed by atoms with van der Waals surface area (Å²) < 4.78 is 6.86. The van der Waals surface area contributed by atoms with E-state index in [4.69, 9.17) is 4.74 Å². The lowest BCUT2D eigenvalue weighted by molar-refractivity contribution is 0.345. The van der Waals surface area contributed by atoms with Crippen LogP contribution in [0.5, 0.6) is 5.75 Å². The minimum absolute atomic E-state index is 0.689. The van der Waals surface area contributed by atoms with Gasteiger partial charge < -0.3 is 4.74 Å².